The molecule has 2 aliphatic rings. The molecule has 0 saturated carbocycles. The van der Waals surface area contributed by atoms with Crippen LogP contribution in [0.25, 0.3) is 0 Å². The zero-order chi connectivity index (χ0) is 16.0. The molecule has 1 atom stereocenters. The maximum atomic E-state index is 12.4. The largest absolute Gasteiger partial charge is 0.394 e. The summed E-state index contributed by atoms with van der Waals surface area (Å²) < 4.78 is 2.67. The van der Waals surface area contributed by atoms with Crippen molar-refractivity contribution in [3.8, 4) is 0 Å². The summed E-state index contributed by atoms with van der Waals surface area (Å²) in [5, 5.41) is 0.214. The van der Waals surface area contributed by atoms with Crippen molar-refractivity contribution in [2.24, 2.45) is 4.99 Å². The molecule has 0 bridgehead atoms. The van der Waals surface area contributed by atoms with Gasteiger partial charge in [0.25, 0.3) is 17.8 Å². The number of urea groups is 1. The maximum absolute atomic E-state index is 12.4. The fourth-order valence-electron chi connectivity index (χ4n) is 2.51. The molecule has 2 heterocycles. The number of amides is 3. The number of likely N-dealkylation sites (N-methyl/N-ethyl adjacent to an activating group) is 2. The zero-order valence-electron chi connectivity index (χ0n) is 12.0. The number of hydrogen-bond donors (Lipinski definition) is 0. The summed E-state index contributed by atoms with van der Waals surface area (Å²) in [5.74, 6) is 0.0461. The average molecular weight is 385 g/mol. The molecule has 0 aromatic heterocycles. The Morgan fingerprint density at radius 1 is 1.23 bits per heavy atom. The number of amidine groups is 2. The third-order valence-corrected chi connectivity index (χ3v) is 4.58. The highest BCUT2D eigenvalue weighted by atomic mass is 79.9. The number of imide groups is 1. The van der Waals surface area contributed by atoms with Gasteiger partial charge in [-0.1, -0.05) is 28.1 Å². The highest BCUT2D eigenvalue weighted by Gasteiger charge is 2.52. The molecular formula is C14H13BrClN4O2+. The lowest BCUT2D eigenvalue weighted by Gasteiger charge is -2.30. The molecule has 1 saturated heterocycles. The normalized spacial score (nSPS) is 21.5. The van der Waals surface area contributed by atoms with E-state index in [2.05, 4.69) is 20.9 Å². The van der Waals surface area contributed by atoms with E-state index in [0.717, 1.165) is 14.9 Å². The number of hydrogen-bond acceptors (Lipinski definition) is 3. The number of carbonyl (C=O) groups is 2. The van der Waals surface area contributed by atoms with Crippen molar-refractivity contribution in [1.82, 2.24) is 9.80 Å². The second-order valence-electron chi connectivity index (χ2n) is 5.13. The molecule has 6 nitrogen and oxygen atoms in total. The smallest absolute Gasteiger partial charge is 0.269 e. The minimum Gasteiger partial charge on any atom is -0.269 e. The lowest BCUT2D eigenvalue weighted by Crippen LogP contribution is -2.61. The second kappa shape index (κ2) is 5.48. The summed E-state index contributed by atoms with van der Waals surface area (Å²) in [5.41, 5.74) is 0.993. The molecule has 3 rings (SSSR count). The summed E-state index contributed by atoms with van der Waals surface area (Å²) in [6.45, 7) is 0.436. The third kappa shape index (κ3) is 2.34. The average Bonchev–Trinajstić information content (AvgIpc) is 2.82. The van der Waals surface area contributed by atoms with E-state index >= 15 is 0 Å². The van der Waals surface area contributed by atoms with Crippen LogP contribution >= 0.6 is 27.5 Å². The second-order valence-corrected chi connectivity index (χ2v) is 6.39. The highest BCUT2D eigenvalue weighted by molar-refractivity contribution is 9.10. The molecule has 8 heteroatoms. The Balaban J connectivity index is 1.93. The SMILES string of the molecule is CN1C(=O)C2C(=NC(Cl)=[N+]2Cc2ccc(Br)cc2)N(C)C1=O. The van der Waals surface area contributed by atoms with Gasteiger partial charge in [0.15, 0.2) is 0 Å². The van der Waals surface area contributed by atoms with Crippen LogP contribution in [0.1, 0.15) is 5.56 Å². The van der Waals surface area contributed by atoms with Crippen molar-refractivity contribution in [2.75, 3.05) is 14.1 Å². The fraction of sp³-hybridized carbons (Fsp3) is 0.286. The zero-order valence-corrected chi connectivity index (χ0v) is 14.3. The first kappa shape index (κ1) is 15.2. The van der Waals surface area contributed by atoms with E-state index in [0.29, 0.717) is 12.4 Å². The first-order valence-corrected chi connectivity index (χ1v) is 7.74. The minimum absolute atomic E-state index is 0.214. The molecule has 0 aliphatic carbocycles. The molecule has 0 radical (unpaired) electrons. The maximum Gasteiger partial charge on any atom is 0.394 e. The van der Waals surface area contributed by atoms with Gasteiger partial charge in [0.1, 0.15) is 6.54 Å². The molecule has 1 unspecified atom stereocenters. The quantitative estimate of drug-likeness (QED) is 0.577. The first-order valence-electron chi connectivity index (χ1n) is 6.57. The minimum atomic E-state index is -0.663. The van der Waals surface area contributed by atoms with Crippen molar-refractivity contribution in [3.63, 3.8) is 0 Å². The molecule has 0 spiro atoms. The number of benzene rings is 1. The van der Waals surface area contributed by atoms with Crippen molar-refractivity contribution in [3.05, 3.63) is 34.3 Å². The monoisotopic (exact) mass is 383 g/mol. The van der Waals surface area contributed by atoms with Crippen LogP contribution in [0.2, 0.25) is 0 Å². The van der Waals surface area contributed by atoms with Crippen LogP contribution < -0.4 is 0 Å². The van der Waals surface area contributed by atoms with Crippen LogP contribution in [-0.2, 0) is 11.3 Å². The van der Waals surface area contributed by atoms with Gasteiger partial charge in [-0.2, -0.15) is 0 Å². The van der Waals surface area contributed by atoms with Gasteiger partial charge in [0.05, 0.1) is 0 Å². The Morgan fingerprint density at radius 2 is 1.86 bits per heavy atom. The number of fused-ring (bicyclic) bond motifs is 1. The van der Waals surface area contributed by atoms with E-state index in [1.54, 1.807) is 11.6 Å². The Morgan fingerprint density at radius 3 is 2.50 bits per heavy atom. The first-order chi connectivity index (χ1) is 10.4. The van der Waals surface area contributed by atoms with Crippen LogP contribution in [0.4, 0.5) is 4.79 Å². The van der Waals surface area contributed by atoms with Gasteiger partial charge in [-0.25, -0.2) is 9.37 Å². The van der Waals surface area contributed by atoms with Crippen LogP contribution in [0.5, 0.6) is 0 Å². The Labute approximate surface area is 140 Å². The van der Waals surface area contributed by atoms with Gasteiger partial charge >= 0.3 is 11.3 Å². The number of nitrogens with zero attached hydrogens (tertiary/aromatic N) is 4. The van der Waals surface area contributed by atoms with E-state index in [4.69, 9.17) is 11.6 Å². The number of carbonyl (C=O) groups excluding carboxylic acids is 2. The summed E-state index contributed by atoms with van der Waals surface area (Å²) in [6, 6.07) is 6.66. The van der Waals surface area contributed by atoms with Crippen molar-refractivity contribution in [2.45, 2.75) is 12.6 Å². The molecule has 1 aromatic rings. The molecule has 114 valence electrons. The van der Waals surface area contributed by atoms with Crippen molar-refractivity contribution >= 4 is 50.6 Å². The lowest BCUT2D eigenvalue weighted by molar-refractivity contribution is -0.549. The van der Waals surface area contributed by atoms with Gasteiger partial charge in [-0.15, -0.1) is 0 Å². The Hall–Kier alpha value is -1.73. The molecule has 1 aromatic carbocycles. The number of aliphatic imine (C=N–C) groups is 1. The van der Waals surface area contributed by atoms with E-state index in [9.17, 15) is 9.59 Å². The predicted molar refractivity (Wildman–Crippen MR) is 86.1 cm³/mol. The van der Waals surface area contributed by atoms with E-state index in [-0.39, 0.29) is 11.2 Å². The van der Waals surface area contributed by atoms with E-state index in [1.165, 1.54) is 11.9 Å². The van der Waals surface area contributed by atoms with Gasteiger partial charge in [0, 0.05) is 30.2 Å². The number of halogens is 2. The summed E-state index contributed by atoms with van der Waals surface area (Å²) in [7, 11) is 3.05. The van der Waals surface area contributed by atoms with Gasteiger partial charge < -0.3 is 0 Å². The van der Waals surface area contributed by atoms with E-state index in [1.807, 2.05) is 24.3 Å². The van der Waals surface area contributed by atoms with Crippen LogP contribution in [0, 0.1) is 0 Å². The van der Waals surface area contributed by atoms with Gasteiger partial charge in [0.2, 0.25) is 0 Å². The fourth-order valence-corrected chi connectivity index (χ4v) is 3.02. The number of rotatable bonds is 2. The predicted octanol–water partition coefficient (Wildman–Crippen LogP) is 1.86. The molecular weight excluding hydrogens is 372 g/mol. The summed E-state index contributed by atoms with van der Waals surface area (Å²) in [6.07, 6.45) is 0. The molecule has 2 aliphatic heterocycles. The molecule has 3 amide bonds. The summed E-state index contributed by atoms with van der Waals surface area (Å²) >= 11 is 9.58. The highest BCUT2D eigenvalue weighted by Crippen LogP contribution is 2.22. The standard InChI is InChI=1S/C14H13BrClN4O2/c1-18-11-10(12(21)19(2)14(18)22)20(13(16)17-11)7-8-3-5-9(15)6-4-8/h3-6,10H,7H2,1-2H3/q+1. The topological polar surface area (TPSA) is 56.0 Å². The van der Waals surface area contributed by atoms with Crippen LogP contribution in [0.3, 0.4) is 0 Å². The molecule has 22 heavy (non-hydrogen) atoms. The van der Waals surface area contributed by atoms with Crippen molar-refractivity contribution < 1.29 is 14.2 Å². The third-order valence-electron chi connectivity index (χ3n) is 3.75. The van der Waals surface area contributed by atoms with Crippen molar-refractivity contribution in [1.29, 1.82) is 0 Å². The lowest BCUT2D eigenvalue weighted by atomic mass is 10.1. The van der Waals surface area contributed by atoms with E-state index < -0.39 is 12.1 Å². The van der Waals surface area contributed by atoms with Gasteiger partial charge in [-0.05, 0) is 22.7 Å². The van der Waals surface area contributed by atoms with Crippen LogP contribution in [0.15, 0.2) is 33.7 Å². The van der Waals surface area contributed by atoms with Gasteiger partial charge in [-0.3, -0.25) is 14.6 Å². The molecule has 1 fully saturated rings. The Kier molecular flexibility index (Phi) is 3.78. The summed E-state index contributed by atoms with van der Waals surface area (Å²) in [4.78, 5) is 31.0. The Bertz CT molecular complexity index is 729. The van der Waals surface area contributed by atoms with Crippen LogP contribution in [-0.4, -0.2) is 57.6 Å². The molecule has 0 N–H and O–H groups in total.